The van der Waals surface area contributed by atoms with Gasteiger partial charge in [0, 0.05) is 12.1 Å². The number of nitrogens with zero attached hydrogens (tertiary/aromatic N) is 1. The van der Waals surface area contributed by atoms with Crippen LogP contribution in [0.4, 0.5) is 5.69 Å². The summed E-state index contributed by atoms with van der Waals surface area (Å²) in [6, 6.07) is 18.0. The number of phosphoric ester groups is 1. The predicted molar refractivity (Wildman–Crippen MR) is 116 cm³/mol. The maximum absolute atomic E-state index is 13.4. The van der Waals surface area contributed by atoms with E-state index in [1.54, 1.807) is 24.3 Å². The van der Waals surface area contributed by atoms with E-state index in [1.807, 2.05) is 18.2 Å². The molecule has 0 saturated carbocycles. The molecule has 0 radical (unpaired) electrons. The predicted octanol–water partition coefficient (Wildman–Crippen LogP) is 3.59. The van der Waals surface area contributed by atoms with Crippen LogP contribution in [0.2, 0.25) is 0 Å². The van der Waals surface area contributed by atoms with Crippen molar-refractivity contribution in [2.75, 3.05) is 18.0 Å². The molecule has 4 rings (SSSR count). The van der Waals surface area contributed by atoms with Gasteiger partial charge in [-0.15, -0.1) is 0 Å². The number of hydrogen-bond acceptors (Lipinski definition) is 5. The van der Waals surface area contributed by atoms with E-state index in [-0.39, 0.29) is 10.6 Å². The Bertz CT molecular complexity index is 1250. The number of para-hydroxylation sites is 1. The van der Waals surface area contributed by atoms with Crippen LogP contribution in [0.5, 0.6) is 11.5 Å². The first-order valence-corrected chi connectivity index (χ1v) is 12.3. The molecule has 0 aliphatic carbocycles. The van der Waals surface area contributed by atoms with Crippen LogP contribution in [-0.2, 0) is 21.0 Å². The van der Waals surface area contributed by atoms with Crippen LogP contribution < -0.4 is 13.6 Å². The van der Waals surface area contributed by atoms with E-state index in [1.165, 1.54) is 35.7 Å². The van der Waals surface area contributed by atoms with Crippen molar-refractivity contribution in [2.45, 2.75) is 11.3 Å². The van der Waals surface area contributed by atoms with E-state index >= 15 is 0 Å². The molecule has 1 heterocycles. The molecule has 3 aromatic carbocycles. The van der Waals surface area contributed by atoms with Crippen LogP contribution in [0.15, 0.2) is 71.6 Å². The molecule has 0 aromatic heterocycles. The number of ether oxygens (including phenoxy) is 1. The molecule has 0 unspecified atom stereocenters. The van der Waals surface area contributed by atoms with Gasteiger partial charge in [-0.2, -0.15) is 0 Å². The molecule has 31 heavy (non-hydrogen) atoms. The number of methoxy groups -OCH3 is 1. The summed E-state index contributed by atoms with van der Waals surface area (Å²) in [5, 5.41) is 0. The molecular weight excluding hydrogens is 441 g/mol. The summed E-state index contributed by atoms with van der Waals surface area (Å²) in [4.78, 5) is 18.1. The van der Waals surface area contributed by atoms with Crippen LogP contribution in [0.25, 0.3) is 11.1 Å². The zero-order chi connectivity index (χ0) is 22.2. The minimum Gasteiger partial charge on any atom is -0.497 e. The van der Waals surface area contributed by atoms with E-state index in [0.29, 0.717) is 35.5 Å². The summed E-state index contributed by atoms with van der Waals surface area (Å²) in [6.07, 6.45) is 0.581. The monoisotopic (exact) mass is 461 g/mol. The van der Waals surface area contributed by atoms with Crippen molar-refractivity contribution in [3.8, 4) is 22.6 Å². The van der Waals surface area contributed by atoms with E-state index in [4.69, 9.17) is 14.5 Å². The fourth-order valence-electron chi connectivity index (χ4n) is 3.60. The Morgan fingerprint density at radius 3 is 2.19 bits per heavy atom. The molecule has 0 atom stereocenters. The fourth-order valence-corrected chi connectivity index (χ4v) is 5.52. The van der Waals surface area contributed by atoms with Crippen molar-refractivity contribution in [2.24, 2.45) is 0 Å². The number of hydrogen-bond donors (Lipinski definition) is 2. The average molecular weight is 461 g/mol. The van der Waals surface area contributed by atoms with Gasteiger partial charge in [-0.1, -0.05) is 30.3 Å². The molecule has 1 aliphatic rings. The van der Waals surface area contributed by atoms with Gasteiger partial charge in [-0.25, -0.2) is 13.0 Å². The summed E-state index contributed by atoms with van der Waals surface area (Å²) in [5.41, 5.74) is 2.91. The first-order valence-electron chi connectivity index (χ1n) is 9.33. The largest absolute Gasteiger partial charge is 0.524 e. The number of rotatable bonds is 6. The van der Waals surface area contributed by atoms with Gasteiger partial charge in [-0.05, 0) is 53.9 Å². The molecule has 0 fully saturated rings. The van der Waals surface area contributed by atoms with Gasteiger partial charge in [0.25, 0.3) is 10.0 Å². The summed E-state index contributed by atoms with van der Waals surface area (Å²) in [5.74, 6) is 0.589. The van der Waals surface area contributed by atoms with Crippen LogP contribution in [-0.4, -0.2) is 31.9 Å². The lowest BCUT2D eigenvalue weighted by Gasteiger charge is -2.22. The zero-order valence-corrected chi connectivity index (χ0v) is 18.2. The third-order valence-electron chi connectivity index (χ3n) is 4.99. The second kappa shape index (κ2) is 8.01. The SMILES string of the molecule is COc1ccc(S(=O)(=O)N2CCc3cccc(-c4ccc(OP(=O)(O)O)cc4)c32)cc1. The first-order chi connectivity index (χ1) is 14.7. The molecule has 0 spiro atoms. The third kappa shape index (κ3) is 4.31. The Morgan fingerprint density at radius 2 is 1.58 bits per heavy atom. The van der Waals surface area contributed by atoms with Crippen molar-refractivity contribution >= 4 is 23.5 Å². The van der Waals surface area contributed by atoms with Gasteiger partial charge < -0.3 is 9.26 Å². The summed E-state index contributed by atoms with van der Waals surface area (Å²) in [6.45, 7) is 0.320. The topological polar surface area (TPSA) is 113 Å². The van der Waals surface area contributed by atoms with Gasteiger partial charge >= 0.3 is 7.82 Å². The summed E-state index contributed by atoms with van der Waals surface area (Å²) < 4.78 is 48.9. The Kier molecular flexibility index (Phi) is 5.53. The normalized spacial score (nSPS) is 13.7. The van der Waals surface area contributed by atoms with Crippen LogP contribution in [0.1, 0.15) is 5.56 Å². The maximum atomic E-state index is 13.4. The molecule has 1 aliphatic heterocycles. The molecule has 2 N–H and O–H groups in total. The zero-order valence-electron chi connectivity index (χ0n) is 16.5. The Hall–Kier alpha value is -2.84. The smallest absolute Gasteiger partial charge is 0.497 e. The number of sulfonamides is 1. The highest BCUT2D eigenvalue weighted by Gasteiger charge is 2.33. The van der Waals surface area contributed by atoms with Crippen molar-refractivity contribution in [1.82, 2.24) is 0 Å². The minimum absolute atomic E-state index is 0.0207. The lowest BCUT2D eigenvalue weighted by atomic mass is 10.0. The summed E-state index contributed by atoms with van der Waals surface area (Å²) in [7, 11) is -6.93. The van der Waals surface area contributed by atoms with E-state index in [9.17, 15) is 13.0 Å². The number of benzene rings is 3. The van der Waals surface area contributed by atoms with Gasteiger partial charge in [0.2, 0.25) is 0 Å². The highest BCUT2D eigenvalue weighted by Crippen LogP contribution is 2.42. The molecule has 162 valence electrons. The highest BCUT2D eigenvalue weighted by atomic mass is 32.2. The van der Waals surface area contributed by atoms with Gasteiger partial charge in [0.15, 0.2) is 0 Å². The highest BCUT2D eigenvalue weighted by molar-refractivity contribution is 7.92. The lowest BCUT2D eigenvalue weighted by molar-refractivity contribution is 0.283. The molecule has 0 saturated heterocycles. The molecular formula is C21H20NO7PS. The minimum atomic E-state index is -4.66. The van der Waals surface area contributed by atoms with E-state index < -0.39 is 17.8 Å². The number of phosphoric acid groups is 1. The van der Waals surface area contributed by atoms with E-state index in [2.05, 4.69) is 4.52 Å². The van der Waals surface area contributed by atoms with Crippen LogP contribution in [0, 0.1) is 0 Å². The standard InChI is InChI=1S/C21H20NO7PS/c1-28-17-9-11-19(12-10-17)31(26,27)22-14-13-16-3-2-4-20(21(16)22)15-5-7-18(8-6-15)29-30(23,24)25/h2-12H,13-14H2,1H3,(H2,23,24,25). The second-order valence-corrected chi connectivity index (χ2v) is 9.95. The maximum Gasteiger partial charge on any atom is 0.524 e. The fraction of sp³-hybridized carbons (Fsp3) is 0.143. The van der Waals surface area contributed by atoms with Crippen molar-refractivity contribution < 1.29 is 32.0 Å². The third-order valence-corrected chi connectivity index (χ3v) is 7.25. The van der Waals surface area contributed by atoms with Gasteiger partial charge in [0.05, 0.1) is 17.7 Å². The second-order valence-electron chi connectivity index (χ2n) is 6.92. The van der Waals surface area contributed by atoms with Crippen molar-refractivity contribution in [1.29, 1.82) is 0 Å². The van der Waals surface area contributed by atoms with Crippen molar-refractivity contribution in [3.63, 3.8) is 0 Å². The molecule has 0 bridgehead atoms. The Balaban J connectivity index is 1.73. The van der Waals surface area contributed by atoms with Crippen molar-refractivity contribution in [3.05, 3.63) is 72.3 Å². The first kappa shape index (κ1) is 21.4. The van der Waals surface area contributed by atoms with E-state index in [0.717, 1.165) is 5.56 Å². The van der Waals surface area contributed by atoms with Gasteiger partial charge in [0.1, 0.15) is 11.5 Å². The Morgan fingerprint density at radius 1 is 0.935 bits per heavy atom. The lowest BCUT2D eigenvalue weighted by Crippen LogP contribution is -2.29. The number of anilines is 1. The summed E-state index contributed by atoms with van der Waals surface area (Å²) >= 11 is 0. The van der Waals surface area contributed by atoms with Crippen LogP contribution in [0.3, 0.4) is 0 Å². The quantitative estimate of drug-likeness (QED) is 0.540. The Labute approximate surface area is 180 Å². The molecule has 3 aromatic rings. The van der Waals surface area contributed by atoms with Gasteiger partial charge in [-0.3, -0.25) is 14.1 Å². The molecule has 8 nitrogen and oxygen atoms in total. The molecule has 10 heteroatoms. The molecule has 0 amide bonds. The van der Waals surface area contributed by atoms with Crippen LogP contribution >= 0.6 is 7.82 Å². The number of fused-ring (bicyclic) bond motifs is 1. The average Bonchev–Trinajstić information content (AvgIpc) is 3.18.